The molecule has 0 saturated heterocycles. The van der Waals surface area contributed by atoms with Gasteiger partial charge >= 0.3 is 0 Å². The van der Waals surface area contributed by atoms with Crippen LogP contribution in [0.3, 0.4) is 0 Å². The van der Waals surface area contributed by atoms with Gasteiger partial charge in [-0.2, -0.15) is 0 Å². The molecule has 0 atom stereocenters. The lowest BCUT2D eigenvalue weighted by molar-refractivity contribution is 1.27. The Morgan fingerprint density at radius 1 is 0.577 bits per heavy atom. The molecule has 4 rings (SSSR count). The molecule has 2 heteroatoms. The van der Waals surface area contributed by atoms with E-state index in [0.29, 0.717) is 11.3 Å². The van der Waals surface area contributed by atoms with Gasteiger partial charge in [-0.15, -0.1) is 0 Å². The molecule has 4 aromatic rings. The minimum Gasteiger partial charge on any atom is -0.256 e. The van der Waals surface area contributed by atoms with E-state index in [1.807, 2.05) is 60.8 Å². The zero-order chi connectivity index (χ0) is 20.7. The maximum Gasteiger partial charge on any atom is 0.0731 e. The molecule has 2 aromatic carbocycles. The summed E-state index contributed by atoms with van der Waals surface area (Å²) in [4.78, 5) is 8.50. The fraction of sp³-hybridized carbons (Fsp3) is 0.0833. The van der Waals surface area contributed by atoms with Crippen LogP contribution in [0, 0.1) is 13.8 Å². The highest BCUT2D eigenvalue weighted by Gasteiger charge is 2.00. The van der Waals surface area contributed by atoms with E-state index >= 15 is 0 Å². The first-order valence-electron chi connectivity index (χ1n) is 9.95. The van der Waals surface area contributed by atoms with E-state index in [1.165, 1.54) is 11.1 Å². The second kappa shape index (κ2) is 8.72. The summed E-state index contributed by atoms with van der Waals surface area (Å²) < 4.78 is 22.4. The zero-order valence-corrected chi connectivity index (χ0v) is 14.6. The number of aromatic nitrogens is 2. The maximum atomic E-state index is 7.46. The van der Waals surface area contributed by atoms with Crippen molar-refractivity contribution in [2.75, 3.05) is 0 Å². The van der Waals surface area contributed by atoms with Crippen LogP contribution in [0.1, 0.15) is 15.2 Å². The van der Waals surface area contributed by atoms with Crippen LogP contribution in [0.4, 0.5) is 0 Å². The molecule has 0 radical (unpaired) electrons. The van der Waals surface area contributed by atoms with Gasteiger partial charge in [-0.25, -0.2) is 0 Å². The first-order chi connectivity index (χ1) is 14.0. The summed E-state index contributed by atoms with van der Waals surface area (Å²) in [5.41, 5.74) is 5.12. The van der Waals surface area contributed by atoms with Crippen LogP contribution in [-0.4, -0.2) is 9.97 Å². The average molecular weight is 341 g/mol. The molecule has 0 unspecified atom stereocenters. The van der Waals surface area contributed by atoms with Gasteiger partial charge in [-0.05, 0) is 37.0 Å². The number of pyridine rings is 2. The van der Waals surface area contributed by atoms with E-state index in [9.17, 15) is 0 Å². The third kappa shape index (κ3) is 4.42. The first kappa shape index (κ1) is 14.0. The van der Waals surface area contributed by atoms with Crippen molar-refractivity contribution in [2.24, 2.45) is 0 Å². The molecular weight excluding hydrogens is 316 g/mol. The predicted octanol–water partition coefficient (Wildman–Crippen LogP) is 6.11. The standard InChI is InChI=1S/2C12H11N/c2*1-10-6-5-9-13-12(10)11-7-3-2-4-8-11/h2*2-9H,1H3/i1D3;. The van der Waals surface area contributed by atoms with E-state index in [1.54, 1.807) is 18.3 Å². The van der Waals surface area contributed by atoms with Gasteiger partial charge in [0.1, 0.15) is 0 Å². The molecule has 128 valence electrons. The molecule has 0 aliphatic heterocycles. The van der Waals surface area contributed by atoms with E-state index in [2.05, 4.69) is 35.1 Å². The molecular formula is C24H22N2. The summed E-state index contributed by atoms with van der Waals surface area (Å²) in [5.74, 6) is 0. The van der Waals surface area contributed by atoms with Crippen LogP contribution in [0.5, 0.6) is 0 Å². The summed E-state index contributed by atoms with van der Waals surface area (Å²) in [6, 6.07) is 26.9. The molecule has 0 aliphatic carbocycles. The van der Waals surface area contributed by atoms with Crippen molar-refractivity contribution in [1.82, 2.24) is 9.97 Å². The Morgan fingerprint density at radius 3 is 1.54 bits per heavy atom. The van der Waals surface area contributed by atoms with Crippen LogP contribution >= 0.6 is 0 Å². The van der Waals surface area contributed by atoms with Crippen LogP contribution < -0.4 is 0 Å². The molecule has 0 bridgehead atoms. The summed E-state index contributed by atoms with van der Waals surface area (Å²) >= 11 is 0. The van der Waals surface area contributed by atoms with Gasteiger partial charge in [-0.1, -0.05) is 72.8 Å². The minimum absolute atomic E-state index is 0.293. The SMILES string of the molecule is Cc1cccnc1-c1ccccc1.[2H]C([2H])([2H])c1cccnc1-c1ccccc1. The van der Waals surface area contributed by atoms with Gasteiger partial charge in [-0.3, -0.25) is 9.97 Å². The second-order valence-electron chi connectivity index (χ2n) is 5.80. The molecule has 0 spiro atoms. The summed E-state index contributed by atoms with van der Waals surface area (Å²) in [5, 5.41) is 0. The number of hydrogen-bond acceptors (Lipinski definition) is 2. The topological polar surface area (TPSA) is 25.8 Å². The Labute approximate surface area is 159 Å². The van der Waals surface area contributed by atoms with Gasteiger partial charge < -0.3 is 0 Å². The van der Waals surface area contributed by atoms with Crippen molar-refractivity contribution < 1.29 is 4.11 Å². The quantitative estimate of drug-likeness (QED) is 0.439. The van der Waals surface area contributed by atoms with E-state index in [-0.39, 0.29) is 0 Å². The molecule has 0 saturated carbocycles. The van der Waals surface area contributed by atoms with Crippen LogP contribution in [-0.2, 0) is 0 Å². The highest BCUT2D eigenvalue weighted by Crippen LogP contribution is 2.20. The second-order valence-corrected chi connectivity index (χ2v) is 5.80. The van der Waals surface area contributed by atoms with Crippen LogP contribution in [0.15, 0.2) is 97.3 Å². The van der Waals surface area contributed by atoms with Crippen molar-refractivity contribution in [2.45, 2.75) is 13.8 Å². The van der Waals surface area contributed by atoms with Crippen molar-refractivity contribution in [3.8, 4) is 22.5 Å². The Hall–Kier alpha value is -3.26. The Morgan fingerprint density at radius 2 is 1.04 bits per heavy atom. The first-order valence-corrected chi connectivity index (χ1v) is 8.45. The number of aryl methyl sites for hydroxylation is 2. The molecule has 0 aliphatic rings. The normalized spacial score (nSPS) is 12.1. The molecule has 2 aromatic heterocycles. The lowest BCUT2D eigenvalue weighted by Crippen LogP contribution is -1.85. The number of nitrogens with zero attached hydrogens (tertiary/aromatic N) is 2. The highest BCUT2D eigenvalue weighted by molar-refractivity contribution is 5.62. The van der Waals surface area contributed by atoms with Gasteiger partial charge in [0.2, 0.25) is 0 Å². The third-order valence-corrected chi connectivity index (χ3v) is 3.91. The highest BCUT2D eigenvalue weighted by atomic mass is 14.7. The van der Waals surface area contributed by atoms with Crippen molar-refractivity contribution in [3.05, 3.63) is 108 Å². The molecule has 2 nitrogen and oxygen atoms in total. The van der Waals surface area contributed by atoms with Gasteiger partial charge in [0, 0.05) is 27.6 Å². The zero-order valence-electron chi connectivity index (χ0n) is 17.6. The van der Waals surface area contributed by atoms with Gasteiger partial charge in [0.15, 0.2) is 0 Å². The predicted molar refractivity (Wildman–Crippen MR) is 109 cm³/mol. The monoisotopic (exact) mass is 341 g/mol. The lowest BCUT2D eigenvalue weighted by Gasteiger charge is -2.02. The molecule has 26 heavy (non-hydrogen) atoms. The van der Waals surface area contributed by atoms with Crippen molar-refractivity contribution >= 4 is 0 Å². The Balaban J connectivity index is 0.000000169. The number of benzene rings is 2. The molecule has 2 heterocycles. The van der Waals surface area contributed by atoms with E-state index in [4.69, 9.17) is 4.11 Å². The lowest BCUT2D eigenvalue weighted by atomic mass is 10.1. The van der Waals surface area contributed by atoms with Crippen LogP contribution in [0.25, 0.3) is 22.5 Å². The van der Waals surface area contributed by atoms with Gasteiger partial charge in [0.05, 0.1) is 11.4 Å². The third-order valence-electron chi connectivity index (χ3n) is 3.91. The van der Waals surface area contributed by atoms with E-state index < -0.39 is 6.85 Å². The maximum absolute atomic E-state index is 7.46. The molecule has 0 N–H and O–H groups in total. The summed E-state index contributed by atoms with van der Waals surface area (Å²) in [6.07, 6.45) is 3.44. The fourth-order valence-electron chi connectivity index (χ4n) is 2.62. The largest absolute Gasteiger partial charge is 0.256 e. The molecule has 0 amide bonds. The number of rotatable bonds is 2. The summed E-state index contributed by atoms with van der Waals surface area (Å²) in [7, 11) is 0. The van der Waals surface area contributed by atoms with E-state index in [0.717, 1.165) is 11.3 Å². The Bertz CT molecular complexity index is 1050. The molecule has 0 fully saturated rings. The number of hydrogen-bond donors (Lipinski definition) is 0. The minimum atomic E-state index is -2.13. The fourth-order valence-corrected chi connectivity index (χ4v) is 2.62. The van der Waals surface area contributed by atoms with Crippen molar-refractivity contribution in [3.63, 3.8) is 0 Å². The van der Waals surface area contributed by atoms with Crippen LogP contribution in [0.2, 0.25) is 0 Å². The Kier molecular flexibility index (Phi) is 4.69. The van der Waals surface area contributed by atoms with Gasteiger partial charge in [0.25, 0.3) is 0 Å². The summed E-state index contributed by atoms with van der Waals surface area (Å²) in [6.45, 7) is -0.0469. The smallest absolute Gasteiger partial charge is 0.0731 e. The average Bonchev–Trinajstić information content (AvgIpc) is 2.75. The van der Waals surface area contributed by atoms with Crippen molar-refractivity contribution in [1.29, 1.82) is 0 Å².